The first-order valence-electron chi connectivity index (χ1n) is 10.0. The van der Waals surface area contributed by atoms with Gasteiger partial charge in [-0.15, -0.1) is 0 Å². The van der Waals surface area contributed by atoms with Crippen LogP contribution in [0.3, 0.4) is 0 Å². The highest BCUT2D eigenvalue weighted by molar-refractivity contribution is 7.33. The van der Waals surface area contributed by atoms with Gasteiger partial charge in [-0.1, -0.05) is 23.6 Å². The van der Waals surface area contributed by atoms with E-state index in [0.29, 0.717) is 11.3 Å². The van der Waals surface area contributed by atoms with E-state index >= 15 is 0 Å². The van der Waals surface area contributed by atoms with Gasteiger partial charge in [-0.2, -0.15) is 0 Å². The number of nitrogens with zero attached hydrogens (tertiary/aromatic N) is 2. The van der Waals surface area contributed by atoms with Crippen LogP contribution in [0, 0.1) is 5.92 Å². The van der Waals surface area contributed by atoms with Crippen LogP contribution < -0.4 is 4.74 Å². The first kappa shape index (κ1) is 21.5. The summed E-state index contributed by atoms with van der Waals surface area (Å²) in [4.78, 5) is 11.5. The quantitative estimate of drug-likeness (QED) is 0.318. The molecule has 2 aromatic rings. The van der Waals surface area contributed by atoms with E-state index in [1.54, 1.807) is 0 Å². The third-order valence-corrected chi connectivity index (χ3v) is 6.15. The number of fused-ring (bicyclic) bond motifs is 1. The van der Waals surface area contributed by atoms with E-state index in [2.05, 4.69) is 22.7 Å². The summed E-state index contributed by atoms with van der Waals surface area (Å²) in [5.74, 6) is 1.19. The fraction of sp³-hybridized carbons (Fsp3) is 0.435. The zero-order valence-corrected chi connectivity index (χ0v) is 18.4. The van der Waals surface area contributed by atoms with Gasteiger partial charge >= 0.3 is 0 Å². The maximum absolute atomic E-state index is 11.5. The van der Waals surface area contributed by atoms with Crippen molar-refractivity contribution in [3.05, 3.63) is 41.3 Å². The predicted octanol–water partition coefficient (Wildman–Crippen LogP) is 5.67. The molecular formula is C23H29N2O3P. The Labute approximate surface area is 174 Å². The van der Waals surface area contributed by atoms with E-state index in [1.807, 2.05) is 32.1 Å². The first-order chi connectivity index (χ1) is 13.9. The molecule has 1 aromatic carbocycles. The molecule has 2 heterocycles. The number of aryl methyl sites for hydroxylation is 1. The summed E-state index contributed by atoms with van der Waals surface area (Å²) in [5, 5.41) is 5.37. The molecule has 0 aliphatic carbocycles. The molecule has 0 bridgehead atoms. The van der Waals surface area contributed by atoms with Crippen LogP contribution in [0.15, 0.2) is 34.6 Å². The lowest BCUT2D eigenvalue weighted by atomic mass is 9.92. The van der Waals surface area contributed by atoms with Gasteiger partial charge in [-0.3, -0.25) is 9.46 Å². The van der Waals surface area contributed by atoms with Crippen LogP contribution in [-0.4, -0.2) is 35.0 Å². The van der Waals surface area contributed by atoms with E-state index in [4.69, 9.17) is 9.26 Å². The molecule has 6 heteroatoms. The second-order valence-corrected chi connectivity index (χ2v) is 8.71. The molecule has 154 valence electrons. The third kappa shape index (κ3) is 5.23. The minimum absolute atomic E-state index is 0.112. The van der Waals surface area contributed by atoms with Gasteiger partial charge in [0.2, 0.25) is 0 Å². The van der Waals surface area contributed by atoms with Crippen molar-refractivity contribution < 1.29 is 14.1 Å². The molecule has 3 rings (SSSR count). The number of rotatable bonds is 8. The molecule has 1 fully saturated rings. The first-order valence-corrected chi connectivity index (χ1v) is 11.1. The third-order valence-electron chi connectivity index (χ3n) is 5.35. The number of Topliss-reactive ketones (excluding diaryl/α,β-unsaturated/α-hetero) is 1. The van der Waals surface area contributed by atoms with E-state index in [1.165, 1.54) is 19.8 Å². The number of ether oxygens (including phenoxy) is 1. The molecule has 1 saturated heterocycles. The lowest BCUT2D eigenvalue weighted by Crippen LogP contribution is -2.26. The number of ketones is 1. The van der Waals surface area contributed by atoms with Crippen molar-refractivity contribution >= 4 is 37.5 Å². The molecule has 0 N–H and O–H groups in total. The van der Waals surface area contributed by atoms with Crippen LogP contribution in [-0.2, 0) is 11.2 Å². The largest absolute Gasteiger partial charge is 0.453 e. The number of hydrogen-bond acceptors (Lipinski definition) is 5. The van der Waals surface area contributed by atoms with Crippen molar-refractivity contribution in [3.63, 3.8) is 0 Å². The average Bonchev–Trinajstić information content (AvgIpc) is 3.11. The Hall–Kier alpha value is -2.23. The molecule has 29 heavy (non-hydrogen) atoms. The van der Waals surface area contributed by atoms with Gasteiger partial charge in [0.25, 0.3) is 0 Å². The minimum atomic E-state index is -0.198. The van der Waals surface area contributed by atoms with E-state index in [0.717, 1.165) is 62.4 Å². The molecular weight excluding hydrogens is 383 g/mol. The summed E-state index contributed by atoms with van der Waals surface area (Å²) < 4.78 is 13.8. The van der Waals surface area contributed by atoms with Crippen molar-refractivity contribution in [3.8, 4) is 5.75 Å². The molecule has 0 radical (unpaired) electrons. The Morgan fingerprint density at radius 3 is 2.69 bits per heavy atom. The molecule has 0 atom stereocenters. The Kier molecular flexibility index (Phi) is 7.05. The lowest BCUT2D eigenvalue weighted by molar-refractivity contribution is -0.115. The summed E-state index contributed by atoms with van der Waals surface area (Å²) in [6.45, 7) is 11.4. The number of carbonyl (C=O) groups excluding carboxylic acids is 1. The fourth-order valence-electron chi connectivity index (χ4n) is 3.65. The summed E-state index contributed by atoms with van der Waals surface area (Å²) in [6.07, 6.45) is 10.4. The van der Waals surface area contributed by atoms with Crippen molar-refractivity contribution in [1.29, 1.82) is 0 Å². The molecule has 0 spiro atoms. The number of aromatic nitrogens is 1. The second kappa shape index (κ2) is 9.51. The number of allylic oxidation sites excluding steroid dienone is 2. The normalized spacial score (nSPS) is 15.6. The molecule has 1 aliphatic rings. The van der Waals surface area contributed by atoms with E-state index in [9.17, 15) is 4.79 Å². The SMILES string of the molecule is C=PN1CCC(CCc2noc3c(C=C(C)C)c(OC(=C)C(C)=O)ccc23)CC1. The summed E-state index contributed by atoms with van der Waals surface area (Å²) >= 11 is 0. The summed E-state index contributed by atoms with van der Waals surface area (Å²) in [7, 11) is 1.13. The van der Waals surface area contributed by atoms with Crippen LogP contribution in [0.1, 0.15) is 51.3 Å². The number of piperidine rings is 1. The lowest BCUT2D eigenvalue weighted by Gasteiger charge is -2.28. The standard InChI is InChI=1S/C23H29N2O3P/c1-15(2)14-20-22(27-17(4)16(3)26)9-7-19-21(24-28-23(19)20)8-6-18-10-12-25(29-5)13-11-18/h7,9,14,18H,4-6,8,10-13H2,1-3H3. The average molecular weight is 412 g/mol. The maximum atomic E-state index is 11.5. The van der Waals surface area contributed by atoms with Crippen LogP contribution >= 0.6 is 8.35 Å². The molecule has 1 aliphatic heterocycles. The van der Waals surface area contributed by atoms with Crippen LogP contribution in [0.2, 0.25) is 0 Å². The van der Waals surface area contributed by atoms with Gasteiger partial charge < -0.3 is 9.26 Å². The molecule has 5 nitrogen and oxygen atoms in total. The van der Waals surface area contributed by atoms with Crippen LogP contribution in [0.4, 0.5) is 0 Å². The fourth-order valence-corrected chi connectivity index (χ4v) is 4.16. The Morgan fingerprint density at radius 2 is 2.07 bits per heavy atom. The predicted molar refractivity (Wildman–Crippen MR) is 120 cm³/mol. The van der Waals surface area contributed by atoms with Gasteiger partial charge in [0.1, 0.15) is 5.75 Å². The van der Waals surface area contributed by atoms with Crippen LogP contribution in [0.5, 0.6) is 5.75 Å². The number of carbonyl (C=O) groups is 1. The highest BCUT2D eigenvalue weighted by Crippen LogP contribution is 2.34. The maximum Gasteiger partial charge on any atom is 0.194 e. The van der Waals surface area contributed by atoms with E-state index in [-0.39, 0.29) is 11.5 Å². The monoisotopic (exact) mass is 412 g/mol. The zero-order valence-electron chi connectivity index (χ0n) is 17.5. The summed E-state index contributed by atoms with van der Waals surface area (Å²) in [6, 6.07) is 3.84. The Balaban J connectivity index is 1.82. The van der Waals surface area contributed by atoms with Crippen molar-refractivity contribution in [2.45, 2.75) is 46.5 Å². The van der Waals surface area contributed by atoms with Gasteiger partial charge in [-0.05, 0) is 72.0 Å². The Bertz CT molecular complexity index is 948. The number of benzene rings is 1. The van der Waals surface area contributed by atoms with Crippen LogP contribution in [0.25, 0.3) is 17.0 Å². The van der Waals surface area contributed by atoms with Crippen molar-refractivity contribution in [1.82, 2.24) is 9.83 Å². The van der Waals surface area contributed by atoms with E-state index < -0.39 is 0 Å². The highest BCUT2D eigenvalue weighted by atomic mass is 31.1. The van der Waals surface area contributed by atoms with Gasteiger partial charge in [-0.25, -0.2) is 0 Å². The van der Waals surface area contributed by atoms with Gasteiger partial charge in [0.15, 0.2) is 17.1 Å². The molecule has 0 saturated carbocycles. The Morgan fingerprint density at radius 1 is 1.34 bits per heavy atom. The van der Waals surface area contributed by atoms with Gasteiger partial charge in [0, 0.05) is 25.4 Å². The second-order valence-electron chi connectivity index (χ2n) is 7.86. The topological polar surface area (TPSA) is 55.6 Å². The van der Waals surface area contributed by atoms with Gasteiger partial charge in [0.05, 0.1) is 11.3 Å². The minimum Gasteiger partial charge on any atom is -0.453 e. The number of hydrogen-bond donors (Lipinski definition) is 0. The zero-order chi connectivity index (χ0) is 21.0. The smallest absolute Gasteiger partial charge is 0.194 e. The molecule has 1 aromatic heterocycles. The highest BCUT2D eigenvalue weighted by Gasteiger charge is 2.21. The molecule has 0 unspecified atom stereocenters. The van der Waals surface area contributed by atoms with Crippen molar-refractivity contribution in [2.24, 2.45) is 5.92 Å². The summed E-state index contributed by atoms with van der Waals surface area (Å²) in [5.41, 5.74) is 3.58. The van der Waals surface area contributed by atoms with Crippen molar-refractivity contribution in [2.75, 3.05) is 13.1 Å². The molecule has 0 amide bonds.